The molecule has 0 atom stereocenters. The summed E-state index contributed by atoms with van der Waals surface area (Å²) in [6.45, 7) is 10.8. The van der Waals surface area contributed by atoms with E-state index in [4.69, 9.17) is 9.72 Å². The molecule has 0 radical (unpaired) electrons. The second kappa shape index (κ2) is 8.27. The number of thioether (sulfide) groups is 2. The first-order chi connectivity index (χ1) is 12.8. The maximum absolute atomic E-state index is 13.0. The maximum atomic E-state index is 13.0. The first-order valence-electron chi connectivity index (χ1n) is 9.40. The molecule has 1 aromatic carbocycles. The van der Waals surface area contributed by atoms with Crippen LogP contribution in [-0.4, -0.2) is 29.1 Å². The number of pyridine rings is 1. The zero-order valence-electron chi connectivity index (χ0n) is 16.7. The van der Waals surface area contributed by atoms with Gasteiger partial charge in [0.2, 0.25) is 0 Å². The van der Waals surface area contributed by atoms with Gasteiger partial charge in [0.25, 0.3) is 0 Å². The van der Waals surface area contributed by atoms with E-state index in [9.17, 15) is 4.79 Å². The van der Waals surface area contributed by atoms with Crippen molar-refractivity contribution < 1.29 is 9.53 Å². The van der Waals surface area contributed by atoms with Gasteiger partial charge >= 0.3 is 5.97 Å². The van der Waals surface area contributed by atoms with Gasteiger partial charge in [-0.05, 0) is 50.0 Å². The molecular weight excluding hydrogens is 374 g/mol. The molecule has 0 bridgehead atoms. The minimum Gasteiger partial charge on any atom is -0.462 e. The van der Waals surface area contributed by atoms with E-state index in [1.807, 2.05) is 6.92 Å². The number of fused-ring (bicyclic) bond motifs is 1. The lowest BCUT2D eigenvalue weighted by molar-refractivity contribution is -0.136. The molecule has 0 unspecified atom stereocenters. The fourth-order valence-electron chi connectivity index (χ4n) is 3.01. The van der Waals surface area contributed by atoms with Gasteiger partial charge in [-0.1, -0.05) is 32.4 Å². The number of aryl methyl sites for hydroxylation is 1. The van der Waals surface area contributed by atoms with Gasteiger partial charge in [-0.15, -0.1) is 23.5 Å². The predicted molar refractivity (Wildman–Crippen MR) is 118 cm³/mol. The van der Waals surface area contributed by atoms with Crippen LogP contribution in [-0.2, 0) is 14.9 Å². The van der Waals surface area contributed by atoms with Gasteiger partial charge in [-0.2, -0.15) is 0 Å². The third kappa shape index (κ3) is 4.52. The molecule has 2 heterocycles. The number of esters is 1. The average Bonchev–Trinajstić information content (AvgIpc) is 2.62. The zero-order valence-corrected chi connectivity index (χ0v) is 18.4. The van der Waals surface area contributed by atoms with Gasteiger partial charge in [-0.25, -0.2) is 4.79 Å². The molecule has 0 amide bonds. The molecule has 0 aliphatic carbocycles. The van der Waals surface area contributed by atoms with Crippen LogP contribution >= 0.6 is 23.5 Å². The summed E-state index contributed by atoms with van der Waals surface area (Å²) in [4.78, 5) is 17.9. The molecule has 3 rings (SSSR count). The molecular formula is C22H27NO2S2. The van der Waals surface area contributed by atoms with Crippen molar-refractivity contribution in [3.05, 3.63) is 45.3 Å². The monoisotopic (exact) mass is 401 g/mol. The number of benzene rings is 1. The molecule has 1 saturated heterocycles. The van der Waals surface area contributed by atoms with Crippen LogP contribution in [0.4, 0.5) is 0 Å². The van der Waals surface area contributed by atoms with Gasteiger partial charge < -0.3 is 4.74 Å². The van der Waals surface area contributed by atoms with Crippen molar-refractivity contribution in [1.29, 1.82) is 0 Å². The number of carbonyl (C=O) groups excluding carboxylic acids is 1. The second-order valence-corrected chi connectivity index (χ2v) is 10.2. The first kappa shape index (κ1) is 20.3. The van der Waals surface area contributed by atoms with Crippen molar-refractivity contribution in [3.8, 4) is 0 Å². The highest BCUT2D eigenvalue weighted by Gasteiger charge is 2.26. The van der Waals surface area contributed by atoms with Crippen molar-refractivity contribution in [2.24, 2.45) is 0 Å². The van der Waals surface area contributed by atoms with Crippen LogP contribution in [0.2, 0.25) is 0 Å². The molecule has 5 heteroatoms. The highest BCUT2D eigenvalue weighted by atomic mass is 32.2. The Bertz CT molecular complexity index is 889. The van der Waals surface area contributed by atoms with Crippen molar-refractivity contribution >= 4 is 46.0 Å². The van der Waals surface area contributed by atoms with E-state index in [2.05, 4.69) is 52.0 Å². The van der Waals surface area contributed by atoms with Crippen LogP contribution in [0.15, 0.2) is 28.5 Å². The summed E-state index contributed by atoms with van der Waals surface area (Å²) in [6.07, 6.45) is 1.17. The standard InChI is InChI=1S/C22H27NO2S2/c1-6-25-20(24)19(21-26-10-7-11-27-21)16-13-18(22(3,4)5)23-17-9-8-14(2)12-15(16)17/h8-9,12-13H,6-7,10-11H2,1-5H3. The van der Waals surface area contributed by atoms with Crippen molar-refractivity contribution in [2.75, 3.05) is 18.1 Å². The fraction of sp³-hybridized carbons (Fsp3) is 0.455. The third-order valence-corrected chi connectivity index (χ3v) is 7.07. The number of hydrogen-bond acceptors (Lipinski definition) is 5. The molecule has 0 N–H and O–H groups in total. The summed E-state index contributed by atoms with van der Waals surface area (Å²) in [5.41, 5.74) is 4.62. The summed E-state index contributed by atoms with van der Waals surface area (Å²) in [7, 11) is 0. The van der Waals surface area contributed by atoms with E-state index in [0.717, 1.165) is 43.5 Å². The lowest BCUT2D eigenvalue weighted by Crippen LogP contribution is -2.16. The summed E-state index contributed by atoms with van der Waals surface area (Å²) in [5.74, 6) is 1.85. The van der Waals surface area contributed by atoms with Gasteiger partial charge in [0.1, 0.15) is 0 Å². The Kier molecular flexibility index (Phi) is 6.21. The summed E-state index contributed by atoms with van der Waals surface area (Å²) < 4.78 is 6.55. The van der Waals surface area contributed by atoms with E-state index in [-0.39, 0.29) is 11.4 Å². The summed E-state index contributed by atoms with van der Waals surface area (Å²) in [5, 5.41) is 1.02. The summed E-state index contributed by atoms with van der Waals surface area (Å²) in [6, 6.07) is 8.35. The summed E-state index contributed by atoms with van der Waals surface area (Å²) >= 11 is 3.54. The van der Waals surface area contributed by atoms with Gasteiger partial charge in [0.15, 0.2) is 0 Å². The Labute approximate surface area is 170 Å². The van der Waals surface area contributed by atoms with Crippen LogP contribution in [0.25, 0.3) is 16.5 Å². The topological polar surface area (TPSA) is 39.2 Å². The van der Waals surface area contributed by atoms with E-state index in [0.29, 0.717) is 12.2 Å². The lowest BCUT2D eigenvalue weighted by atomic mass is 9.88. The Morgan fingerprint density at radius 1 is 1.19 bits per heavy atom. The SMILES string of the molecule is CCOC(=O)C(=C1SCCCS1)c1cc(C(C)(C)C)nc2ccc(C)cc12. The minimum absolute atomic E-state index is 0.106. The van der Waals surface area contributed by atoms with Gasteiger partial charge in [0, 0.05) is 22.1 Å². The van der Waals surface area contributed by atoms with Crippen molar-refractivity contribution in [1.82, 2.24) is 4.98 Å². The maximum Gasteiger partial charge on any atom is 0.340 e. The second-order valence-electron chi connectivity index (χ2n) is 7.76. The molecule has 3 nitrogen and oxygen atoms in total. The average molecular weight is 402 g/mol. The largest absolute Gasteiger partial charge is 0.462 e. The normalized spacial score (nSPS) is 15.1. The molecule has 1 aliphatic heterocycles. The zero-order chi connectivity index (χ0) is 19.6. The molecule has 0 saturated carbocycles. The Morgan fingerprint density at radius 3 is 2.52 bits per heavy atom. The third-order valence-electron chi connectivity index (χ3n) is 4.44. The van der Waals surface area contributed by atoms with Crippen LogP contribution in [0.5, 0.6) is 0 Å². The van der Waals surface area contributed by atoms with Gasteiger partial charge in [-0.3, -0.25) is 4.98 Å². The molecule has 144 valence electrons. The number of aromatic nitrogens is 1. The molecule has 1 aromatic heterocycles. The highest BCUT2D eigenvalue weighted by molar-refractivity contribution is 8.23. The Morgan fingerprint density at radius 2 is 1.89 bits per heavy atom. The Balaban J connectivity index is 2.33. The van der Waals surface area contributed by atoms with Crippen LogP contribution in [0.1, 0.15) is 50.9 Å². The molecule has 2 aromatic rings. The van der Waals surface area contributed by atoms with Crippen molar-refractivity contribution in [3.63, 3.8) is 0 Å². The molecule has 1 fully saturated rings. The Hall–Kier alpha value is -1.46. The van der Waals surface area contributed by atoms with E-state index < -0.39 is 0 Å². The van der Waals surface area contributed by atoms with E-state index in [1.54, 1.807) is 23.5 Å². The number of carbonyl (C=O) groups is 1. The smallest absolute Gasteiger partial charge is 0.340 e. The fourth-order valence-corrected chi connectivity index (χ4v) is 5.65. The molecule has 27 heavy (non-hydrogen) atoms. The van der Waals surface area contributed by atoms with Crippen LogP contribution < -0.4 is 0 Å². The lowest BCUT2D eigenvalue weighted by Gasteiger charge is -2.23. The van der Waals surface area contributed by atoms with Crippen LogP contribution in [0.3, 0.4) is 0 Å². The molecule has 0 spiro atoms. The quantitative estimate of drug-likeness (QED) is 0.470. The minimum atomic E-state index is -0.233. The van der Waals surface area contributed by atoms with E-state index >= 15 is 0 Å². The number of nitrogens with zero attached hydrogens (tertiary/aromatic N) is 1. The predicted octanol–water partition coefficient (Wildman–Crippen LogP) is 5.94. The number of rotatable bonds is 3. The van der Waals surface area contributed by atoms with Crippen molar-refractivity contribution in [2.45, 2.75) is 46.5 Å². The van der Waals surface area contributed by atoms with Crippen LogP contribution in [0, 0.1) is 6.92 Å². The highest BCUT2D eigenvalue weighted by Crippen LogP contribution is 2.43. The van der Waals surface area contributed by atoms with E-state index in [1.165, 1.54) is 6.42 Å². The molecule has 1 aliphatic rings. The first-order valence-corrected chi connectivity index (χ1v) is 11.4. The number of hydrogen-bond donors (Lipinski definition) is 0. The van der Waals surface area contributed by atoms with Gasteiger partial charge in [0.05, 0.1) is 21.9 Å². The number of ether oxygens (including phenoxy) is 1.